The molecule has 0 aliphatic carbocycles. The summed E-state index contributed by atoms with van der Waals surface area (Å²) < 4.78 is 0. The lowest BCUT2D eigenvalue weighted by molar-refractivity contribution is 0.718. The van der Waals surface area contributed by atoms with Gasteiger partial charge in [0, 0.05) is 23.7 Å². The van der Waals surface area contributed by atoms with Gasteiger partial charge in [0.2, 0.25) is 0 Å². The van der Waals surface area contributed by atoms with E-state index in [1.165, 1.54) is 11.3 Å². The number of hydrogen-bond acceptors (Lipinski definition) is 1. The quantitative estimate of drug-likeness (QED) is 0.725. The molecule has 0 bridgehead atoms. The molecule has 0 aliphatic heterocycles. The van der Waals surface area contributed by atoms with E-state index < -0.39 is 0 Å². The van der Waals surface area contributed by atoms with Crippen molar-refractivity contribution in [3.05, 3.63) is 29.9 Å². The van der Waals surface area contributed by atoms with Gasteiger partial charge < -0.3 is 4.98 Å². The van der Waals surface area contributed by atoms with Crippen LogP contribution in [0.3, 0.4) is 0 Å². The van der Waals surface area contributed by atoms with Crippen LogP contribution in [0.15, 0.2) is 18.3 Å². The van der Waals surface area contributed by atoms with Gasteiger partial charge in [-0.2, -0.15) is 0 Å². The Morgan fingerprint density at radius 3 is 2.57 bits per heavy atom. The van der Waals surface area contributed by atoms with Crippen LogP contribution in [0, 0.1) is 0 Å². The first-order chi connectivity index (χ1) is 6.50. The topological polar surface area (TPSA) is 28.7 Å². The number of imidazole rings is 1. The number of allylic oxidation sites excluding steroid dienone is 1. The number of hydrogen-bond donors (Lipinski definition) is 1. The van der Waals surface area contributed by atoms with Crippen molar-refractivity contribution in [2.75, 3.05) is 0 Å². The van der Waals surface area contributed by atoms with Gasteiger partial charge in [0.05, 0.1) is 0 Å². The van der Waals surface area contributed by atoms with E-state index in [-0.39, 0.29) is 0 Å². The summed E-state index contributed by atoms with van der Waals surface area (Å²) >= 11 is 0. The molecule has 78 valence electrons. The lowest BCUT2D eigenvalue weighted by Crippen LogP contribution is -1.96. The molecule has 0 saturated carbocycles. The van der Waals surface area contributed by atoms with Crippen molar-refractivity contribution in [2.24, 2.45) is 0 Å². The summed E-state index contributed by atoms with van der Waals surface area (Å²) in [5, 5.41) is 0. The number of aromatic amines is 1. The van der Waals surface area contributed by atoms with Crippen LogP contribution >= 0.6 is 0 Å². The highest BCUT2D eigenvalue weighted by Gasteiger charge is 2.10. The zero-order valence-electron chi connectivity index (χ0n) is 9.59. The van der Waals surface area contributed by atoms with Crippen LogP contribution in [-0.4, -0.2) is 9.97 Å². The Kier molecular flexibility index (Phi) is 3.50. The first kappa shape index (κ1) is 11.0. The third-order valence-electron chi connectivity index (χ3n) is 2.35. The predicted molar refractivity (Wildman–Crippen MR) is 60.5 cm³/mol. The largest absolute Gasteiger partial charge is 0.345 e. The molecule has 1 rings (SSSR count). The van der Waals surface area contributed by atoms with Gasteiger partial charge in [0.15, 0.2) is 0 Å². The molecule has 1 N–H and O–H groups in total. The summed E-state index contributed by atoms with van der Waals surface area (Å²) in [5.74, 6) is 2.04. The van der Waals surface area contributed by atoms with Crippen LogP contribution < -0.4 is 0 Å². The van der Waals surface area contributed by atoms with Crippen molar-refractivity contribution in [1.82, 2.24) is 9.97 Å². The molecule has 1 aromatic heterocycles. The van der Waals surface area contributed by atoms with Gasteiger partial charge in [-0.15, -0.1) is 6.58 Å². The minimum atomic E-state index is 0.473. The van der Waals surface area contributed by atoms with E-state index in [2.05, 4.69) is 44.2 Å². The highest BCUT2D eigenvalue weighted by atomic mass is 14.9. The molecule has 0 saturated heterocycles. The minimum Gasteiger partial charge on any atom is -0.345 e. The van der Waals surface area contributed by atoms with Crippen LogP contribution in [0.2, 0.25) is 0 Å². The maximum Gasteiger partial charge on any atom is 0.108 e. The Morgan fingerprint density at radius 2 is 2.14 bits per heavy atom. The molecule has 1 heterocycles. The average Bonchev–Trinajstić information content (AvgIpc) is 2.50. The van der Waals surface area contributed by atoms with Crippen LogP contribution in [0.1, 0.15) is 57.5 Å². The summed E-state index contributed by atoms with van der Waals surface area (Å²) in [6.07, 6.45) is 2.97. The van der Waals surface area contributed by atoms with Gasteiger partial charge in [0.25, 0.3) is 0 Å². The molecular formula is C12H20N2. The van der Waals surface area contributed by atoms with Crippen molar-refractivity contribution < 1.29 is 0 Å². The van der Waals surface area contributed by atoms with E-state index in [1.807, 2.05) is 6.20 Å². The van der Waals surface area contributed by atoms with Crippen LogP contribution in [0.4, 0.5) is 0 Å². The second kappa shape index (κ2) is 4.45. The molecular weight excluding hydrogens is 172 g/mol. The third kappa shape index (κ3) is 2.72. The zero-order valence-corrected chi connectivity index (χ0v) is 9.59. The summed E-state index contributed by atoms with van der Waals surface area (Å²) in [4.78, 5) is 7.72. The average molecular weight is 192 g/mol. The Hall–Kier alpha value is -1.05. The maximum atomic E-state index is 4.36. The Labute approximate surface area is 86.5 Å². The van der Waals surface area contributed by atoms with Gasteiger partial charge in [-0.05, 0) is 13.3 Å². The fraction of sp³-hybridized carbons (Fsp3) is 0.583. The number of H-pyrrole nitrogens is 1. The SMILES string of the molecule is C=C(C)CC(C)c1cnc(C(C)C)[nH]1. The number of nitrogens with one attached hydrogen (secondary N) is 1. The van der Waals surface area contributed by atoms with Gasteiger partial charge in [-0.25, -0.2) is 4.98 Å². The van der Waals surface area contributed by atoms with Crippen molar-refractivity contribution in [3.63, 3.8) is 0 Å². The van der Waals surface area contributed by atoms with Gasteiger partial charge in [0.1, 0.15) is 5.82 Å². The van der Waals surface area contributed by atoms with Crippen molar-refractivity contribution >= 4 is 0 Å². The summed E-state index contributed by atoms with van der Waals surface area (Å²) in [5.41, 5.74) is 2.44. The first-order valence-electron chi connectivity index (χ1n) is 5.20. The summed E-state index contributed by atoms with van der Waals surface area (Å²) in [6.45, 7) is 12.5. The van der Waals surface area contributed by atoms with E-state index in [4.69, 9.17) is 0 Å². The van der Waals surface area contributed by atoms with Crippen molar-refractivity contribution in [1.29, 1.82) is 0 Å². The smallest absolute Gasteiger partial charge is 0.108 e. The number of rotatable bonds is 4. The van der Waals surface area contributed by atoms with Crippen LogP contribution in [0.5, 0.6) is 0 Å². The van der Waals surface area contributed by atoms with Gasteiger partial charge >= 0.3 is 0 Å². The monoisotopic (exact) mass is 192 g/mol. The molecule has 2 heteroatoms. The fourth-order valence-electron chi connectivity index (χ4n) is 1.53. The standard InChI is InChI=1S/C12H20N2/c1-8(2)6-10(5)11-7-13-12(14-11)9(3)4/h7,9-10H,1,6H2,2-5H3,(H,13,14). The molecule has 2 nitrogen and oxygen atoms in total. The molecule has 0 aliphatic rings. The Bertz CT molecular complexity index is 310. The molecule has 1 aromatic rings. The third-order valence-corrected chi connectivity index (χ3v) is 2.35. The Balaban J connectivity index is 2.71. The highest BCUT2D eigenvalue weighted by Crippen LogP contribution is 2.22. The second-order valence-corrected chi connectivity index (χ2v) is 4.44. The molecule has 0 fully saturated rings. The maximum absolute atomic E-state index is 4.36. The molecule has 14 heavy (non-hydrogen) atoms. The molecule has 1 atom stereocenters. The van der Waals surface area contributed by atoms with E-state index >= 15 is 0 Å². The zero-order chi connectivity index (χ0) is 10.7. The lowest BCUT2D eigenvalue weighted by atomic mass is 10.0. The summed E-state index contributed by atoms with van der Waals surface area (Å²) in [6, 6.07) is 0. The van der Waals surface area contributed by atoms with E-state index in [0.29, 0.717) is 11.8 Å². The molecule has 0 amide bonds. The van der Waals surface area contributed by atoms with Crippen LogP contribution in [0.25, 0.3) is 0 Å². The van der Waals surface area contributed by atoms with E-state index in [1.54, 1.807) is 0 Å². The molecule has 0 aromatic carbocycles. The normalized spacial score (nSPS) is 13.2. The fourth-order valence-corrected chi connectivity index (χ4v) is 1.53. The van der Waals surface area contributed by atoms with E-state index in [0.717, 1.165) is 12.2 Å². The predicted octanol–water partition coefficient (Wildman–Crippen LogP) is 3.60. The second-order valence-electron chi connectivity index (χ2n) is 4.44. The van der Waals surface area contributed by atoms with E-state index in [9.17, 15) is 0 Å². The lowest BCUT2D eigenvalue weighted by Gasteiger charge is -2.08. The van der Waals surface area contributed by atoms with Gasteiger partial charge in [-0.1, -0.05) is 26.3 Å². The molecule has 1 unspecified atom stereocenters. The first-order valence-corrected chi connectivity index (χ1v) is 5.20. The molecule has 0 spiro atoms. The molecule has 0 radical (unpaired) electrons. The van der Waals surface area contributed by atoms with Crippen molar-refractivity contribution in [3.8, 4) is 0 Å². The number of aromatic nitrogens is 2. The van der Waals surface area contributed by atoms with Crippen molar-refractivity contribution in [2.45, 2.75) is 46.0 Å². The Morgan fingerprint density at radius 1 is 1.50 bits per heavy atom. The van der Waals surface area contributed by atoms with Gasteiger partial charge in [-0.3, -0.25) is 0 Å². The van der Waals surface area contributed by atoms with Crippen LogP contribution in [-0.2, 0) is 0 Å². The number of nitrogens with zero attached hydrogens (tertiary/aromatic N) is 1. The highest BCUT2D eigenvalue weighted by molar-refractivity contribution is 5.11. The summed E-state index contributed by atoms with van der Waals surface area (Å²) in [7, 11) is 0. The minimum absolute atomic E-state index is 0.473.